The van der Waals surface area contributed by atoms with Crippen molar-refractivity contribution in [2.24, 2.45) is 0 Å². The molecule has 1 rings (SSSR count). The van der Waals surface area contributed by atoms with Gasteiger partial charge in [-0.2, -0.15) is 13.2 Å². The average Bonchev–Trinajstić information content (AvgIpc) is 2.15. The van der Waals surface area contributed by atoms with Gasteiger partial charge in [0.05, 0.1) is 0 Å². The largest absolute Gasteiger partial charge is 0.405 e. The van der Waals surface area contributed by atoms with Crippen LogP contribution >= 0.6 is 0 Å². The summed E-state index contributed by atoms with van der Waals surface area (Å²) in [6, 6.07) is 2.99. The Kier molecular flexibility index (Phi) is 3.98. The van der Waals surface area contributed by atoms with Crippen LogP contribution in [0.4, 0.5) is 24.7 Å². The van der Waals surface area contributed by atoms with Gasteiger partial charge in [-0.1, -0.05) is 6.92 Å². The standard InChI is InChI=1S/C10H14F3N3/c1-2-5-16(7-10(11,12)13)9-6-8(14)3-4-15-9/h3-4,6H,2,5,7H2,1H3,(H2,14,15). The van der Waals surface area contributed by atoms with Crippen LogP contribution in [0.15, 0.2) is 18.3 Å². The van der Waals surface area contributed by atoms with E-state index in [1.54, 1.807) is 6.07 Å². The number of hydrogen-bond acceptors (Lipinski definition) is 3. The maximum atomic E-state index is 12.3. The van der Waals surface area contributed by atoms with Gasteiger partial charge in [0.1, 0.15) is 12.4 Å². The van der Waals surface area contributed by atoms with Gasteiger partial charge >= 0.3 is 6.18 Å². The fraction of sp³-hybridized carbons (Fsp3) is 0.500. The van der Waals surface area contributed by atoms with E-state index in [4.69, 9.17) is 5.73 Å². The molecule has 2 N–H and O–H groups in total. The molecule has 16 heavy (non-hydrogen) atoms. The molecular weight excluding hydrogens is 219 g/mol. The van der Waals surface area contributed by atoms with Crippen LogP contribution in [0.1, 0.15) is 13.3 Å². The van der Waals surface area contributed by atoms with Gasteiger partial charge in [-0.05, 0) is 12.5 Å². The third-order valence-corrected chi connectivity index (χ3v) is 1.96. The minimum absolute atomic E-state index is 0.263. The van der Waals surface area contributed by atoms with Crippen LogP contribution in [0, 0.1) is 0 Å². The number of rotatable bonds is 4. The van der Waals surface area contributed by atoms with Crippen molar-refractivity contribution in [3.8, 4) is 0 Å². The van der Waals surface area contributed by atoms with Gasteiger partial charge in [-0.25, -0.2) is 4.98 Å². The third kappa shape index (κ3) is 3.96. The van der Waals surface area contributed by atoms with Crippen molar-refractivity contribution in [1.29, 1.82) is 0 Å². The van der Waals surface area contributed by atoms with Crippen LogP contribution in [0.5, 0.6) is 0 Å². The predicted molar refractivity (Wildman–Crippen MR) is 57.2 cm³/mol. The molecule has 90 valence electrons. The normalized spacial score (nSPS) is 11.5. The summed E-state index contributed by atoms with van der Waals surface area (Å²) in [7, 11) is 0. The molecule has 0 atom stereocenters. The molecule has 0 amide bonds. The Morgan fingerprint density at radius 2 is 2.12 bits per heavy atom. The fourth-order valence-electron chi connectivity index (χ4n) is 1.37. The highest BCUT2D eigenvalue weighted by molar-refractivity contribution is 5.50. The van der Waals surface area contributed by atoms with Crippen LogP contribution in [-0.4, -0.2) is 24.2 Å². The van der Waals surface area contributed by atoms with Gasteiger partial charge < -0.3 is 10.6 Å². The number of halogens is 3. The lowest BCUT2D eigenvalue weighted by Crippen LogP contribution is -2.35. The first-order valence-corrected chi connectivity index (χ1v) is 4.95. The average molecular weight is 233 g/mol. The lowest BCUT2D eigenvalue weighted by Gasteiger charge is -2.24. The second kappa shape index (κ2) is 5.05. The molecule has 0 fully saturated rings. The number of nitrogens with two attached hydrogens (primary N) is 1. The van der Waals surface area contributed by atoms with E-state index < -0.39 is 12.7 Å². The van der Waals surface area contributed by atoms with Crippen molar-refractivity contribution < 1.29 is 13.2 Å². The van der Waals surface area contributed by atoms with Crippen LogP contribution < -0.4 is 10.6 Å². The van der Waals surface area contributed by atoms with E-state index in [9.17, 15) is 13.2 Å². The highest BCUT2D eigenvalue weighted by Crippen LogP contribution is 2.21. The van der Waals surface area contributed by atoms with E-state index in [0.717, 1.165) is 0 Å². The third-order valence-electron chi connectivity index (χ3n) is 1.96. The minimum Gasteiger partial charge on any atom is -0.399 e. The maximum absolute atomic E-state index is 12.3. The van der Waals surface area contributed by atoms with Gasteiger partial charge in [-0.3, -0.25) is 0 Å². The Morgan fingerprint density at radius 3 is 2.62 bits per heavy atom. The van der Waals surface area contributed by atoms with Crippen LogP contribution in [-0.2, 0) is 0 Å². The van der Waals surface area contributed by atoms with Crippen LogP contribution in [0.25, 0.3) is 0 Å². The fourth-order valence-corrected chi connectivity index (χ4v) is 1.37. The molecule has 6 heteroatoms. The summed E-state index contributed by atoms with van der Waals surface area (Å²) in [5, 5.41) is 0. The lowest BCUT2D eigenvalue weighted by atomic mass is 10.3. The zero-order valence-corrected chi connectivity index (χ0v) is 8.96. The van der Waals surface area contributed by atoms with Crippen molar-refractivity contribution in [2.75, 3.05) is 23.7 Å². The lowest BCUT2D eigenvalue weighted by molar-refractivity contribution is -0.119. The predicted octanol–water partition coefficient (Wildman–Crippen LogP) is 2.44. The topological polar surface area (TPSA) is 42.1 Å². The number of aromatic nitrogens is 1. The maximum Gasteiger partial charge on any atom is 0.405 e. The first-order valence-electron chi connectivity index (χ1n) is 4.95. The summed E-state index contributed by atoms with van der Waals surface area (Å²) >= 11 is 0. The van der Waals surface area contributed by atoms with Crippen LogP contribution in [0.2, 0.25) is 0 Å². The molecule has 0 aliphatic heterocycles. The summed E-state index contributed by atoms with van der Waals surface area (Å²) in [6.07, 6.45) is -2.21. The molecule has 0 radical (unpaired) electrons. The summed E-state index contributed by atoms with van der Waals surface area (Å²) < 4.78 is 36.9. The molecule has 0 saturated heterocycles. The summed E-state index contributed by atoms with van der Waals surface area (Å²) in [5.41, 5.74) is 5.92. The molecule has 3 nitrogen and oxygen atoms in total. The number of alkyl halides is 3. The quantitative estimate of drug-likeness (QED) is 0.868. The molecule has 0 aliphatic carbocycles. The van der Waals surface area contributed by atoms with Crippen molar-refractivity contribution >= 4 is 11.5 Å². The van der Waals surface area contributed by atoms with Gasteiger partial charge in [0.15, 0.2) is 0 Å². The highest BCUT2D eigenvalue weighted by Gasteiger charge is 2.31. The molecule has 0 unspecified atom stereocenters. The van der Waals surface area contributed by atoms with Crippen molar-refractivity contribution in [2.45, 2.75) is 19.5 Å². The molecule has 1 aromatic heterocycles. The van der Waals surface area contributed by atoms with E-state index in [1.807, 2.05) is 6.92 Å². The van der Waals surface area contributed by atoms with E-state index in [1.165, 1.54) is 17.2 Å². The zero-order chi connectivity index (χ0) is 12.2. The zero-order valence-electron chi connectivity index (χ0n) is 8.96. The van der Waals surface area contributed by atoms with E-state index in [-0.39, 0.29) is 5.82 Å². The molecule has 0 aliphatic rings. The van der Waals surface area contributed by atoms with E-state index in [2.05, 4.69) is 4.98 Å². The van der Waals surface area contributed by atoms with Gasteiger partial charge in [0.25, 0.3) is 0 Å². The molecular formula is C10H14F3N3. The first-order chi connectivity index (χ1) is 7.42. The molecule has 0 spiro atoms. The smallest absolute Gasteiger partial charge is 0.399 e. The Hall–Kier alpha value is -1.46. The highest BCUT2D eigenvalue weighted by atomic mass is 19.4. The first kappa shape index (κ1) is 12.6. The SMILES string of the molecule is CCCN(CC(F)(F)F)c1cc(N)ccn1. The number of hydrogen-bond donors (Lipinski definition) is 1. The van der Waals surface area contributed by atoms with E-state index >= 15 is 0 Å². The number of nitrogen functional groups attached to an aromatic ring is 1. The number of nitrogens with zero attached hydrogens (tertiary/aromatic N) is 2. The summed E-state index contributed by atoms with van der Waals surface area (Å²) in [6.45, 7) is 1.11. The van der Waals surface area contributed by atoms with Gasteiger partial charge in [0.2, 0.25) is 0 Å². The summed E-state index contributed by atoms with van der Waals surface area (Å²) in [4.78, 5) is 5.07. The van der Waals surface area contributed by atoms with Crippen molar-refractivity contribution in [1.82, 2.24) is 4.98 Å². The monoisotopic (exact) mass is 233 g/mol. The molecule has 0 saturated carbocycles. The molecule has 1 aromatic rings. The molecule has 0 bridgehead atoms. The Morgan fingerprint density at radius 1 is 1.44 bits per heavy atom. The Balaban J connectivity index is 2.85. The second-order valence-corrected chi connectivity index (χ2v) is 3.48. The molecule has 1 heterocycles. The Bertz CT molecular complexity index is 338. The van der Waals surface area contributed by atoms with Crippen molar-refractivity contribution in [3.63, 3.8) is 0 Å². The van der Waals surface area contributed by atoms with Gasteiger partial charge in [-0.15, -0.1) is 0 Å². The number of anilines is 2. The van der Waals surface area contributed by atoms with Gasteiger partial charge in [0, 0.05) is 24.5 Å². The summed E-state index contributed by atoms with van der Waals surface area (Å²) in [5.74, 6) is 0.263. The second-order valence-electron chi connectivity index (χ2n) is 3.48. The minimum atomic E-state index is -4.23. The van der Waals surface area contributed by atoms with Crippen LogP contribution in [0.3, 0.4) is 0 Å². The van der Waals surface area contributed by atoms with E-state index in [0.29, 0.717) is 18.7 Å². The van der Waals surface area contributed by atoms with Crippen molar-refractivity contribution in [3.05, 3.63) is 18.3 Å². The Labute approximate surface area is 92.1 Å². The number of pyridine rings is 1. The molecule has 0 aromatic carbocycles.